The van der Waals surface area contributed by atoms with Gasteiger partial charge in [-0.15, -0.1) is 0 Å². The summed E-state index contributed by atoms with van der Waals surface area (Å²) in [6, 6.07) is 0. The Hall–Kier alpha value is -0.520. The zero-order valence-electron chi connectivity index (χ0n) is 14.8. The summed E-state index contributed by atoms with van der Waals surface area (Å²) in [5, 5.41) is 0. The van der Waals surface area contributed by atoms with Crippen molar-refractivity contribution in [1.29, 1.82) is 0 Å². The molecule has 0 spiro atoms. The van der Waals surface area contributed by atoms with Crippen molar-refractivity contribution in [2.24, 2.45) is 17.3 Å². The van der Waals surface area contributed by atoms with Crippen LogP contribution in [0.4, 0.5) is 0 Å². The van der Waals surface area contributed by atoms with Crippen LogP contribution in [0.5, 0.6) is 0 Å². The molecule has 0 aromatic rings. The minimum Gasteiger partial charge on any atom is -0.0999 e. The number of allylic oxidation sites excluding steroid dienone is 3. The van der Waals surface area contributed by atoms with Crippen LogP contribution in [0, 0.1) is 17.3 Å². The van der Waals surface area contributed by atoms with Gasteiger partial charge >= 0.3 is 0 Å². The molecule has 1 saturated carbocycles. The Morgan fingerprint density at radius 1 is 1.67 bits per heavy atom. The summed E-state index contributed by atoms with van der Waals surface area (Å²) in [6.07, 6.45) is 7.06. The lowest BCUT2D eigenvalue weighted by Crippen LogP contribution is -2.36. The fourth-order valence-electron chi connectivity index (χ4n) is 3.29. The van der Waals surface area contributed by atoms with Crippen LogP contribution >= 0.6 is 0 Å². The molecule has 2 aliphatic rings. The molecule has 0 nitrogen and oxygen atoms in total. The Morgan fingerprint density at radius 2 is 2.53 bits per heavy atom. The van der Waals surface area contributed by atoms with Gasteiger partial charge in [0.25, 0.3) is 0 Å². The van der Waals surface area contributed by atoms with Gasteiger partial charge in [0.05, 0.1) is 2.74 Å². The Morgan fingerprint density at radius 3 is 3.27 bits per heavy atom. The predicted octanol–water partition coefficient (Wildman–Crippen LogP) is 4.73. The maximum absolute atomic E-state index is 7.62. The monoisotopic (exact) mass is 209 g/mol. The van der Waals surface area contributed by atoms with Gasteiger partial charge in [0.2, 0.25) is 0 Å². The summed E-state index contributed by atoms with van der Waals surface area (Å²) < 4.78 is 38.0. The number of fused-ring (bicyclic) bond motifs is 1. The van der Waals surface area contributed by atoms with E-state index in [9.17, 15) is 0 Å². The van der Waals surface area contributed by atoms with E-state index in [-0.39, 0.29) is 16.9 Å². The SMILES string of the molecule is [2H]C([2H])=C([C@@H]1CCC2=CCC[C@@H](C)[C@]2(C)C1)C([2H])([2H])[2H]. The molecule has 2 rings (SSSR count). The molecule has 3 atom stereocenters. The highest BCUT2D eigenvalue weighted by Gasteiger charge is 2.41. The van der Waals surface area contributed by atoms with Crippen molar-refractivity contribution in [3.05, 3.63) is 23.8 Å². The normalized spacial score (nSPS) is 46.0. The van der Waals surface area contributed by atoms with Gasteiger partial charge in [0.15, 0.2) is 0 Å². The maximum atomic E-state index is 7.62. The molecule has 0 heteroatoms. The second-order valence-corrected chi connectivity index (χ2v) is 5.48. The summed E-state index contributed by atoms with van der Waals surface area (Å²) >= 11 is 0. The van der Waals surface area contributed by atoms with Gasteiger partial charge in [-0.3, -0.25) is 0 Å². The Balaban J connectivity index is 2.32. The largest absolute Gasteiger partial charge is 0.0999 e. The molecule has 0 N–H and O–H groups in total. The fourth-order valence-corrected chi connectivity index (χ4v) is 3.29. The summed E-state index contributed by atoms with van der Waals surface area (Å²) in [5.74, 6) is 0.401. The Kier molecular flexibility index (Phi) is 1.59. The lowest BCUT2D eigenvalue weighted by atomic mass is 9.58. The van der Waals surface area contributed by atoms with Crippen molar-refractivity contribution in [3.63, 3.8) is 0 Å². The van der Waals surface area contributed by atoms with E-state index in [0.717, 1.165) is 32.1 Å². The second kappa shape index (κ2) is 3.81. The van der Waals surface area contributed by atoms with E-state index in [1.54, 1.807) is 0 Å². The van der Waals surface area contributed by atoms with E-state index in [4.69, 9.17) is 6.85 Å². The Bertz CT molecular complexity index is 442. The standard InChI is InChI=1S/C15H24/c1-11(2)13-8-9-14-7-5-6-12(3)15(14,4)10-13/h7,12-13H,1,5-6,8-10H2,2-4H3/t12-,13-,15+/m1/s1/i1D2,2D3. The van der Waals surface area contributed by atoms with Crippen molar-refractivity contribution in [2.75, 3.05) is 0 Å². The van der Waals surface area contributed by atoms with Gasteiger partial charge in [0, 0.05) is 4.11 Å². The first-order valence-corrected chi connectivity index (χ1v) is 6.03. The molecule has 1 fully saturated rings. The molecular weight excluding hydrogens is 180 g/mol. The van der Waals surface area contributed by atoms with Crippen LogP contribution in [0.3, 0.4) is 0 Å². The maximum Gasteiger partial charge on any atom is 0.0537 e. The zero-order valence-corrected chi connectivity index (χ0v) is 9.77. The van der Waals surface area contributed by atoms with Crippen LogP contribution in [-0.4, -0.2) is 0 Å². The molecule has 0 heterocycles. The molecule has 0 radical (unpaired) electrons. The van der Waals surface area contributed by atoms with Crippen molar-refractivity contribution >= 4 is 0 Å². The predicted molar refractivity (Wildman–Crippen MR) is 66.7 cm³/mol. The minimum absolute atomic E-state index is 0.0487. The van der Waals surface area contributed by atoms with Crippen molar-refractivity contribution in [1.82, 2.24) is 0 Å². The molecule has 0 bridgehead atoms. The molecule has 2 aliphatic carbocycles. The average Bonchev–Trinajstić information content (AvgIpc) is 2.28. The van der Waals surface area contributed by atoms with Gasteiger partial charge in [-0.1, -0.05) is 37.6 Å². The second-order valence-electron chi connectivity index (χ2n) is 5.48. The van der Waals surface area contributed by atoms with Crippen LogP contribution in [0.15, 0.2) is 23.8 Å². The summed E-state index contributed by atoms with van der Waals surface area (Å²) in [5.41, 5.74) is 1.58. The van der Waals surface area contributed by atoms with E-state index in [2.05, 4.69) is 19.9 Å². The smallest absolute Gasteiger partial charge is 0.0537 e. The highest BCUT2D eigenvalue weighted by atomic mass is 14.5. The molecule has 0 aliphatic heterocycles. The van der Waals surface area contributed by atoms with Crippen LogP contribution in [0.1, 0.15) is 59.7 Å². The topological polar surface area (TPSA) is 0 Å². The molecule has 0 aromatic heterocycles. The van der Waals surface area contributed by atoms with E-state index in [1.165, 1.54) is 5.57 Å². The van der Waals surface area contributed by atoms with Crippen LogP contribution < -0.4 is 0 Å². The molecule has 0 amide bonds. The van der Waals surface area contributed by atoms with E-state index in [1.807, 2.05) is 0 Å². The average molecular weight is 209 g/mol. The third-order valence-corrected chi connectivity index (χ3v) is 4.65. The Labute approximate surface area is 101 Å². The molecule has 84 valence electrons. The number of hydrogen-bond acceptors (Lipinski definition) is 0. The van der Waals surface area contributed by atoms with E-state index < -0.39 is 13.4 Å². The van der Waals surface area contributed by atoms with Gasteiger partial charge in [-0.05, 0) is 56.2 Å². The highest BCUT2D eigenvalue weighted by molar-refractivity contribution is 5.23. The van der Waals surface area contributed by atoms with Crippen LogP contribution in [0.2, 0.25) is 0 Å². The number of rotatable bonds is 1. The fraction of sp³-hybridized carbons (Fsp3) is 0.733. The summed E-state index contributed by atoms with van der Waals surface area (Å²) in [7, 11) is 0. The van der Waals surface area contributed by atoms with Gasteiger partial charge in [0.1, 0.15) is 0 Å². The van der Waals surface area contributed by atoms with Crippen molar-refractivity contribution < 1.29 is 6.85 Å². The van der Waals surface area contributed by atoms with Crippen LogP contribution in [-0.2, 0) is 0 Å². The molecule has 0 saturated heterocycles. The molecule has 0 unspecified atom stereocenters. The first kappa shape index (κ1) is 6.27. The zero-order chi connectivity index (χ0) is 15.1. The van der Waals surface area contributed by atoms with E-state index in [0.29, 0.717) is 5.92 Å². The molecule has 15 heavy (non-hydrogen) atoms. The summed E-state index contributed by atoms with van der Waals surface area (Å²) in [6.45, 7) is 1.67. The first-order chi connectivity index (χ1) is 9.16. The highest BCUT2D eigenvalue weighted by Crippen LogP contribution is 2.53. The number of hydrogen-bond donors (Lipinski definition) is 0. The molecular formula is C15H24. The van der Waals surface area contributed by atoms with Gasteiger partial charge < -0.3 is 0 Å². The molecule has 0 aromatic carbocycles. The summed E-state index contributed by atoms with van der Waals surface area (Å²) in [4.78, 5) is 0. The third-order valence-electron chi connectivity index (χ3n) is 4.65. The van der Waals surface area contributed by atoms with Gasteiger partial charge in [-0.25, -0.2) is 0 Å². The van der Waals surface area contributed by atoms with Crippen molar-refractivity contribution in [3.8, 4) is 0 Å². The first-order valence-electron chi connectivity index (χ1n) is 8.53. The lowest BCUT2D eigenvalue weighted by Gasteiger charge is -2.47. The van der Waals surface area contributed by atoms with Crippen LogP contribution in [0.25, 0.3) is 0 Å². The minimum atomic E-state index is -2.31. The quantitative estimate of drug-likeness (QED) is 0.548. The third kappa shape index (κ3) is 1.79. The van der Waals surface area contributed by atoms with Crippen molar-refractivity contribution in [2.45, 2.75) is 52.8 Å². The van der Waals surface area contributed by atoms with Gasteiger partial charge in [-0.2, -0.15) is 0 Å². The lowest BCUT2D eigenvalue weighted by molar-refractivity contribution is 0.151. The van der Waals surface area contributed by atoms with E-state index >= 15 is 0 Å².